The van der Waals surface area contributed by atoms with Crippen LogP contribution in [0.5, 0.6) is 0 Å². The Morgan fingerprint density at radius 2 is 2.26 bits per heavy atom. The highest BCUT2D eigenvalue weighted by Gasteiger charge is 2.49. The fraction of sp³-hybridized carbons (Fsp3) is 0.909. The van der Waals surface area contributed by atoms with Gasteiger partial charge in [-0.25, -0.2) is 4.39 Å². The molecule has 0 aromatic rings. The van der Waals surface area contributed by atoms with Crippen LogP contribution in [0.3, 0.4) is 0 Å². The summed E-state index contributed by atoms with van der Waals surface area (Å²) in [4.78, 5) is 4.25. The summed E-state index contributed by atoms with van der Waals surface area (Å²) in [6, 6.07) is -0.493. The Morgan fingerprint density at radius 1 is 1.53 bits per heavy atom. The molecule has 1 fully saturated rings. The maximum absolute atomic E-state index is 12.1. The number of alkyl halides is 1. The number of hydrogen-bond acceptors (Lipinski definition) is 7. The minimum atomic E-state index is -1.10. The summed E-state index contributed by atoms with van der Waals surface area (Å²) in [6.45, 7) is 1.04. The molecule has 0 aliphatic carbocycles. The summed E-state index contributed by atoms with van der Waals surface area (Å²) < 4.78 is 23.1. The number of thioether (sulfide) groups is 1. The SMILES string of the molecule is CNC1=N[C@@H]2[C@@H](O)[C@H](O)[C@@H]([C@H](C)OCCF)O[C@@H]2S1. The Labute approximate surface area is 115 Å². The Bertz CT molecular complexity index is 347. The minimum absolute atomic E-state index is 0.0522. The number of halogens is 1. The topological polar surface area (TPSA) is 83.3 Å². The van der Waals surface area contributed by atoms with E-state index in [1.807, 2.05) is 0 Å². The van der Waals surface area contributed by atoms with Gasteiger partial charge >= 0.3 is 0 Å². The number of aliphatic imine (C=N–C) groups is 1. The van der Waals surface area contributed by atoms with E-state index in [1.54, 1.807) is 14.0 Å². The third kappa shape index (κ3) is 3.03. The molecule has 0 bridgehead atoms. The second kappa shape index (κ2) is 6.36. The summed E-state index contributed by atoms with van der Waals surface area (Å²) >= 11 is 1.36. The van der Waals surface area contributed by atoms with E-state index in [9.17, 15) is 14.6 Å². The van der Waals surface area contributed by atoms with Gasteiger partial charge in [0.25, 0.3) is 0 Å². The Hall–Kier alpha value is -0.410. The lowest BCUT2D eigenvalue weighted by atomic mass is 9.95. The number of amidine groups is 1. The van der Waals surface area contributed by atoms with Gasteiger partial charge < -0.3 is 25.0 Å². The van der Waals surface area contributed by atoms with Crippen LogP contribution < -0.4 is 5.32 Å². The van der Waals surface area contributed by atoms with E-state index in [4.69, 9.17) is 9.47 Å². The molecule has 2 rings (SSSR count). The van der Waals surface area contributed by atoms with Crippen molar-refractivity contribution in [2.75, 3.05) is 20.3 Å². The molecule has 3 N–H and O–H groups in total. The van der Waals surface area contributed by atoms with Crippen molar-refractivity contribution in [3.05, 3.63) is 0 Å². The quantitative estimate of drug-likeness (QED) is 0.648. The average Bonchev–Trinajstić information content (AvgIpc) is 2.83. The summed E-state index contributed by atoms with van der Waals surface area (Å²) in [7, 11) is 1.73. The van der Waals surface area contributed by atoms with Gasteiger partial charge in [0, 0.05) is 7.05 Å². The molecule has 0 spiro atoms. The largest absolute Gasteiger partial charge is 0.388 e. The van der Waals surface area contributed by atoms with Gasteiger partial charge in [-0.1, -0.05) is 11.8 Å². The van der Waals surface area contributed by atoms with Crippen LogP contribution in [0.25, 0.3) is 0 Å². The second-order valence-electron chi connectivity index (χ2n) is 4.51. The maximum Gasteiger partial charge on any atom is 0.159 e. The monoisotopic (exact) mass is 294 g/mol. The predicted octanol–water partition coefficient (Wildman–Crippen LogP) is -0.501. The third-order valence-corrected chi connectivity index (χ3v) is 4.39. The van der Waals surface area contributed by atoms with Gasteiger partial charge in [0.1, 0.15) is 36.5 Å². The molecule has 2 aliphatic rings. The average molecular weight is 294 g/mol. The van der Waals surface area contributed by atoms with Crippen molar-refractivity contribution in [2.24, 2.45) is 4.99 Å². The van der Waals surface area contributed by atoms with Crippen molar-refractivity contribution in [3.8, 4) is 0 Å². The number of aliphatic hydroxyl groups is 2. The van der Waals surface area contributed by atoms with E-state index in [1.165, 1.54) is 11.8 Å². The number of nitrogens with zero attached hydrogens (tertiary/aromatic N) is 1. The zero-order valence-electron chi connectivity index (χ0n) is 10.8. The molecule has 6 atom stereocenters. The Balaban J connectivity index is 2.02. The van der Waals surface area contributed by atoms with Crippen LogP contribution >= 0.6 is 11.8 Å². The zero-order valence-corrected chi connectivity index (χ0v) is 11.6. The van der Waals surface area contributed by atoms with Gasteiger partial charge in [0.05, 0.1) is 12.7 Å². The molecule has 0 radical (unpaired) electrons. The van der Waals surface area contributed by atoms with Gasteiger partial charge in [-0.2, -0.15) is 0 Å². The van der Waals surface area contributed by atoms with Crippen molar-refractivity contribution in [2.45, 2.75) is 42.8 Å². The lowest BCUT2D eigenvalue weighted by Gasteiger charge is -2.40. The molecule has 1 saturated heterocycles. The molecular weight excluding hydrogens is 275 g/mol. The third-order valence-electron chi connectivity index (χ3n) is 3.24. The van der Waals surface area contributed by atoms with E-state index >= 15 is 0 Å². The first kappa shape index (κ1) is 15.0. The normalized spacial score (nSPS) is 39.6. The number of hydrogen-bond donors (Lipinski definition) is 3. The minimum Gasteiger partial charge on any atom is -0.388 e. The Kier molecular flexibility index (Phi) is 5.02. The first-order valence-electron chi connectivity index (χ1n) is 6.20. The highest BCUT2D eigenvalue weighted by Crippen LogP contribution is 2.36. The number of aliphatic hydroxyl groups excluding tert-OH is 2. The number of rotatable bonds is 4. The van der Waals surface area contributed by atoms with E-state index in [0.717, 1.165) is 0 Å². The fourth-order valence-corrected chi connectivity index (χ4v) is 3.29. The molecule has 0 saturated carbocycles. The van der Waals surface area contributed by atoms with E-state index in [-0.39, 0.29) is 12.0 Å². The predicted molar refractivity (Wildman–Crippen MR) is 69.9 cm³/mol. The van der Waals surface area contributed by atoms with Crippen molar-refractivity contribution in [3.63, 3.8) is 0 Å². The standard InChI is InChI=1S/C11H19FN2O4S/c1-5(17-4-3-12)9-8(16)7(15)6-10(18-9)19-11(13-2)14-6/h5-10,15-16H,3-4H2,1-2H3,(H,13,14)/t5-,6+,7+,8-,9+,10+/m0/s1. The van der Waals surface area contributed by atoms with Crippen molar-refractivity contribution in [1.82, 2.24) is 5.32 Å². The molecule has 0 aromatic carbocycles. The van der Waals surface area contributed by atoms with Crippen LogP contribution in [-0.2, 0) is 9.47 Å². The van der Waals surface area contributed by atoms with Gasteiger partial charge in [0.15, 0.2) is 5.17 Å². The molecule has 0 amide bonds. The van der Waals surface area contributed by atoms with Crippen LogP contribution in [0.4, 0.5) is 4.39 Å². The van der Waals surface area contributed by atoms with Crippen LogP contribution in [0.2, 0.25) is 0 Å². The first-order valence-corrected chi connectivity index (χ1v) is 7.07. The lowest BCUT2D eigenvalue weighted by molar-refractivity contribution is -0.191. The number of ether oxygens (including phenoxy) is 2. The van der Waals surface area contributed by atoms with Gasteiger partial charge in [-0.15, -0.1) is 0 Å². The van der Waals surface area contributed by atoms with Gasteiger partial charge in [-0.05, 0) is 6.92 Å². The van der Waals surface area contributed by atoms with Crippen molar-refractivity contribution in [1.29, 1.82) is 0 Å². The second-order valence-corrected chi connectivity index (χ2v) is 5.59. The molecule has 0 aromatic heterocycles. The van der Waals surface area contributed by atoms with Crippen LogP contribution in [0.1, 0.15) is 6.92 Å². The van der Waals surface area contributed by atoms with Crippen molar-refractivity contribution < 1.29 is 24.1 Å². The molecule has 6 nitrogen and oxygen atoms in total. The molecule has 19 heavy (non-hydrogen) atoms. The molecular formula is C11H19FN2O4S. The number of fused-ring (bicyclic) bond motifs is 1. The maximum atomic E-state index is 12.1. The van der Waals surface area contributed by atoms with Crippen LogP contribution in [-0.4, -0.2) is 71.6 Å². The van der Waals surface area contributed by atoms with Gasteiger partial charge in [0.2, 0.25) is 0 Å². The fourth-order valence-electron chi connectivity index (χ4n) is 2.22. The highest BCUT2D eigenvalue weighted by atomic mass is 32.2. The summed E-state index contributed by atoms with van der Waals surface area (Å²) in [5.74, 6) is 0. The van der Waals surface area contributed by atoms with Gasteiger partial charge in [-0.3, -0.25) is 4.99 Å². The molecule has 2 heterocycles. The van der Waals surface area contributed by atoms with Crippen LogP contribution in [0, 0.1) is 0 Å². The first-order chi connectivity index (χ1) is 9.08. The molecule has 2 aliphatic heterocycles. The van der Waals surface area contributed by atoms with Crippen LogP contribution in [0.15, 0.2) is 4.99 Å². The molecule has 0 unspecified atom stereocenters. The number of nitrogens with one attached hydrogen (secondary N) is 1. The smallest absolute Gasteiger partial charge is 0.159 e. The van der Waals surface area contributed by atoms with E-state index in [0.29, 0.717) is 5.17 Å². The Morgan fingerprint density at radius 3 is 2.89 bits per heavy atom. The molecule has 110 valence electrons. The van der Waals surface area contributed by atoms with Crippen molar-refractivity contribution >= 4 is 16.9 Å². The lowest BCUT2D eigenvalue weighted by Crippen LogP contribution is -2.58. The van der Waals surface area contributed by atoms with E-state index < -0.39 is 37.1 Å². The zero-order chi connectivity index (χ0) is 14.0. The van der Waals surface area contributed by atoms with E-state index in [2.05, 4.69) is 10.3 Å². The molecule has 8 heteroatoms. The summed E-state index contributed by atoms with van der Waals surface area (Å²) in [6.07, 6.45) is -3.31. The highest BCUT2D eigenvalue weighted by molar-refractivity contribution is 8.14. The summed E-state index contributed by atoms with van der Waals surface area (Å²) in [5, 5.41) is 23.7. The summed E-state index contributed by atoms with van der Waals surface area (Å²) in [5.41, 5.74) is -0.359.